The van der Waals surface area contributed by atoms with Gasteiger partial charge in [0.05, 0.1) is 11.2 Å². The van der Waals surface area contributed by atoms with Gasteiger partial charge in [-0.2, -0.15) is 0 Å². The fraction of sp³-hybridized carbons (Fsp3) is 0.250. The molecule has 0 bridgehead atoms. The average Bonchev–Trinajstić information content (AvgIpc) is 3.13. The Hall–Kier alpha value is -3.15. The maximum Gasteiger partial charge on any atom is 0.405 e. The molecule has 2 aromatic carbocycles. The summed E-state index contributed by atoms with van der Waals surface area (Å²) in [6.45, 7) is 3.69. The zero-order valence-electron chi connectivity index (χ0n) is 14.9. The highest BCUT2D eigenvalue weighted by Crippen LogP contribution is 2.25. The molecule has 3 rings (SSSR count). The smallest absolute Gasteiger partial charge is 0.405 e. The van der Waals surface area contributed by atoms with E-state index in [2.05, 4.69) is 45.0 Å². The molecule has 1 aromatic heterocycles. The predicted molar refractivity (Wildman–Crippen MR) is 99.9 cm³/mol. The van der Waals surface area contributed by atoms with Crippen LogP contribution in [0.1, 0.15) is 30.7 Å². The fourth-order valence-electron chi connectivity index (χ4n) is 2.90. The van der Waals surface area contributed by atoms with Crippen LogP contribution in [0.3, 0.4) is 0 Å². The van der Waals surface area contributed by atoms with Crippen LogP contribution in [0.2, 0.25) is 0 Å². The molecule has 0 radical (unpaired) electrons. The number of carbonyl (C=O) groups is 1. The molecule has 0 saturated carbocycles. The maximum atomic E-state index is 10.9. The molecule has 3 N–H and O–H groups in total. The molecule has 0 aliphatic rings. The molecule has 134 valence electrons. The summed E-state index contributed by atoms with van der Waals surface area (Å²) in [7, 11) is 0. The van der Waals surface area contributed by atoms with Gasteiger partial charge in [0.2, 0.25) is 0 Å². The Bertz CT molecular complexity index is 854. The highest BCUT2D eigenvalue weighted by molar-refractivity contribution is 5.67. The number of aryl methyl sites for hydroxylation is 2. The summed E-state index contributed by atoms with van der Waals surface area (Å²) >= 11 is 0. The van der Waals surface area contributed by atoms with E-state index in [4.69, 9.17) is 5.11 Å². The number of rotatable bonds is 6. The number of hydrogen-bond donors (Lipinski definition) is 3. The number of aromatic nitrogens is 3. The lowest BCUT2D eigenvalue weighted by atomic mass is 9.92. The molecule has 26 heavy (non-hydrogen) atoms. The van der Waals surface area contributed by atoms with Gasteiger partial charge in [-0.1, -0.05) is 53.7 Å². The molecular formula is C20H22N4O2. The van der Waals surface area contributed by atoms with E-state index in [0.717, 1.165) is 35.2 Å². The summed E-state index contributed by atoms with van der Waals surface area (Å²) in [5.74, 6) is 0. The van der Waals surface area contributed by atoms with E-state index in [1.165, 1.54) is 5.56 Å². The van der Waals surface area contributed by atoms with Crippen molar-refractivity contribution in [3.63, 3.8) is 0 Å². The summed E-state index contributed by atoms with van der Waals surface area (Å²) < 4.78 is 0. The minimum atomic E-state index is -1.03. The number of amides is 1. The van der Waals surface area contributed by atoms with Crippen molar-refractivity contribution in [1.29, 1.82) is 0 Å². The van der Waals surface area contributed by atoms with Crippen molar-refractivity contribution in [1.82, 2.24) is 20.7 Å². The van der Waals surface area contributed by atoms with Gasteiger partial charge in [0.15, 0.2) is 0 Å². The maximum absolute atomic E-state index is 10.9. The third-order valence-electron chi connectivity index (χ3n) is 4.45. The van der Waals surface area contributed by atoms with Crippen LogP contribution in [0.15, 0.2) is 54.7 Å². The van der Waals surface area contributed by atoms with E-state index in [-0.39, 0.29) is 0 Å². The number of hydrogen-bond acceptors (Lipinski definition) is 3. The standard InChI is InChI=1S/C20H22N4O2/c1-20(2,22-19(25)26)17-10-8-16(9-11-17)15-6-3-14(4-7-15)5-12-18-13-21-24-23-18/h3-4,6-11,13,22H,5,12H2,1-2H3,(H,25,26)(H,21,23,24). The number of aromatic amines is 1. The van der Waals surface area contributed by atoms with E-state index in [1.54, 1.807) is 0 Å². The molecule has 6 heteroatoms. The van der Waals surface area contributed by atoms with E-state index in [9.17, 15) is 4.79 Å². The molecule has 3 aromatic rings. The van der Waals surface area contributed by atoms with Crippen LogP contribution < -0.4 is 5.32 Å². The SMILES string of the molecule is CC(C)(NC(=O)O)c1ccc(-c2ccc(CCc3c[nH]nn3)cc2)cc1. The first-order valence-corrected chi connectivity index (χ1v) is 8.50. The topological polar surface area (TPSA) is 90.9 Å². The van der Waals surface area contributed by atoms with Crippen molar-refractivity contribution in [2.45, 2.75) is 32.2 Å². The summed E-state index contributed by atoms with van der Waals surface area (Å²) in [6, 6.07) is 16.4. The fourth-order valence-corrected chi connectivity index (χ4v) is 2.90. The van der Waals surface area contributed by atoms with Crippen LogP contribution in [0.5, 0.6) is 0 Å². The van der Waals surface area contributed by atoms with Crippen molar-refractivity contribution in [3.8, 4) is 11.1 Å². The van der Waals surface area contributed by atoms with Gasteiger partial charge >= 0.3 is 6.09 Å². The first kappa shape index (κ1) is 17.7. The Morgan fingerprint density at radius 3 is 2.19 bits per heavy atom. The summed E-state index contributed by atoms with van der Waals surface area (Å²) in [4.78, 5) is 10.9. The number of H-pyrrole nitrogens is 1. The minimum absolute atomic E-state index is 0.630. The highest BCUT2D eigenvalue weighted by atomic mass is 16.4. The Kier molecular flexibility index (Phi) is 5.02. The Labute approximate surface area is 152 Å². The summed E-state index contributed by atoms with van der Waals surface area (Å²) in [6.07, 6.45) is 2.56. The Morgan fingerprint density at radius 1 is 1.04 bits per heavy atom. The summed E-state index contributed by atoms with van der Waals surface area (Å²) in [5.41, 5.74) is 4.74. The van der Waals surface area contributed by atoms with E-state index >= 15 is 0 Å². The molecule has 0 unspecified atom stereocenters. The van der Waals surface area contributed by atoms with Gasteiger partial charge in [0.1, 0.15) is 0 Å². The van der Waals surface area contributed by atoms with Gasteiger partial charge in [0.25, 0.3) is 0 Å². The zero-order valence-corrected chi connectivity index (χ0v) is 14.9. The molecule has 0 aliphatic carbocycles. The van der Waals surface area contributed by atoms with Crippen LogP contribution in [-0.2, 0) is 18.4 Å². The lowest BCUT2D eigenvalue weighted by Gasteiger charge is -2.25. The molecule has 0 saturated heterocycles. The van der Waals surface area contributed by atoms with Crippen LogP contribution >= 0.6 is 0 Å². The molecule has 1 amide bonds. The average molecular weight is 350 g/mol. The Morgan fingerprint density at radius 2 is 1.65 bits per heavy atom. The summed E-state index contributed by atoms with van der Waals surface area (Å²) in [5, 5.41) is 21.9. The second-order valence-corrected chi connectivity index (χ2v) is 6.79. The van der Waals surface area contributed by atoms with Gasteiger partial charge in [0, 0.05) is 6.20 Å². The molecule has 0 fully saturated rings. The molecule has 6 nitrogen and oxygen atoms in total. The first-order valence-electron chi connectivity index (χ1n) is 8.50. The molecular weight excluding hydrogens is 328 g/mol. The zero-order chi connectivity index (χ0) is 18.6. The number of nitrogens with one attached hydrogen (secondary N) is 2. The number of benzene rings is 2. The van der Waals surface area contributed by atoms with Crippen molar-refractivity contribution in [2.24, 2.45) is 0 Å². The number of carboxylic acid groups (broad SMARTS) is 1. The van der Waals surface area contributed by atoms with Gasteiger partial charge < -0.3 is 10.4 Å². The van der Waals surface area contributed by atoms with E-state index < -0.39 is 11.6 Å². The van der Waals surface area contributed by atoms with Gasteiger partial charge in [-0.25, -0.2) is 4.79 Å². The normalized spacial score (nSPS) is 11.3. The highest BCUT2D eigenvalue weighted by Gasteiger charge is 2.22. The van der Waals surface area contributed by atoms with Crippen molar-refractivity contribution in [3.05, 3.63) is 71.5 Å². The molecule has 0 aliphatic heterocycles. The van der Waals surface area contributed by atoms with Gasteiger partial charge in [-0.15, -0.1) is 5.10 Å². The Balaban J connectivity index is 1.68. The lowest BCUT2D eigenvalue weighted by molar-refractivity contribution is 0.182. The van der Waals surface area contributed by atoms with Crippen molar-refractivity contribution >= 4 is 6.09 Å². The second-order valence-electron chi connectivity index (χ2n) is 6.79. The largest absolute Gasteiger partial charge is 0.465 e. The van der Waals surface area contributed by atoms with Crippen LogP contribution in [0.4, 0.5) is 4.79 Å². The van der Waals surface area contributed by atoms with Crippen LogP contribution in [0, 0.1) is 0 Å². The number of nitrogens with zero attached hydrogens (tertiary/aromatic N) is 2. The van der Waals surface area contributed by atoms with Crippen molar-refractivity contribution in [2.75, 3.05) is 0 Å². The quantitative estimate of drug-likeness (QED) is 0.631. The third-order valence-corrected chi connectivity index (χ3v) is 4.45. The molecule has 0 atom stereocenters. The third kappa shape index (κ3) is 4.27. The monoisotopic (exact) mass is 350 g/mol. The van der Waals surface area contributed by atoms with E-state index in [1.807, 2.05) is 44.3 Å². The van der Waals surface area contributed by atoms with Gasteiger partial charge in [-0.3, -0.25) is 5.10 Å². The predicted octanol–water partition coefficient (Wildman–Crippen LogP) is 3.76. The van der Waals surface area contributed by atoms with Crippen molar-refractivity contribution < 1.29 is 9.90 Å². The van der Waals surface area contributed by atoms with Gasteiger partial charge in [-0.05, 0) is 48.9 Å². The molecule has 1 heterocycles. The first-order chi connectivity index (χ1) is 12.4. The van der Waals surface area contributed by atoms with E-state index in [0.29, 0.717) is 0 Å². The second kappa shape index (κ2) is 7.39. The van der Waals surface area contributed by atoms with Crippen LogP contribution in [-0.4, -0.2) is 26.6 Å². The van der Waals surface area contributed by atoms with Crippen LogP contribution in [0.25, 0.3) is 11.1 Å². The lowest BCUT2D eigenvalue weighted by Crippen LogP contribution is -2.39. The molecule has 0 spiro atoms. The minimum Gasteiger partial charge on any atom is -0.465 e.